The zero-order chi connectivity index (χ0) is 50.0. The maximum atomic E-state index is 12.5. The molecule has 3 N–H and O–H groups in total. The lowest BCUT2D eigenvalue weighted by Gasteiger charge is -2.20. The van der Waals surface area contributed by atoms with E-state index < -0.39 is 12.1 Å². The van der Waals surface area contributed by atoms with Crippen LogP contribution in [-0.2, 0) is 14.3 Å². The number of hydrogen-bond acceptors (Lipinski definition) is 5. The Balaban J connectivity index is 3.43. The topological polar surface area (TPSA) is 95.9 Å². The Morgan fingerprint density at radius 1 is 0.406 bits per heavy atom. The molecule has 0 fully saturated rings. The first-order valence-corrected chi connectivity index (χ1v) is 30.8. The standard InChI is InChI=1S/C63H119NO5/c1-3-5-7-9-11-13-15-17-19-20-25-28-31-35-39-43-47-51-55-61(66)60(59-65)64-62(67)56-52-48-44-40-36-32-29-26-23-21-22-24-27-30-34-38-42-46-50-54-58-69-63(68)57-53-49-45-41-37-33-18-16-14-12-10-8-6-4-2/h10,12,16,18,51,55,60-61,65-66H,3-9,11,13-15,17,19-50,52-54,56-59H2,1-2H3,(H,64,67)/b12-10-,18-16-,55-51+. The Morgan fingerprint density at radius 3 is 1.14 bits per heavy atom. The lowest BCUT2D eigenvalue weighted by atomic mass is 10.0. The third-order valence-electron chi connectivity index (χ3n) is 14.2. The van der Waals surface area contributed by atoms with E-state index in [1.54, 1.807) is 6.08 Å². The number of hydrogen-bond donors (Lipinski definition) is 3. The van der Waals surface area contributed by atoms with Crippen molar-refractivity contribution < 1.29 is 24.5 Å². The summed E-state index contributed by atoms with van der Waals surface area (Å²) in [5.41, 5.74) is 0. The molecule has 0 saturated heterocycles. The molecule has 2 atom stereocenters. The summed E-state index contributed by atoms with van der Waals surface area (Å²) in [5, 5.41) is 23.2. The number of unbranched alkanes of at least 4 members (excludes halogenated alkanes) is 42. The van der Waals surface area contributed by atoms with Crippen molar-refractivity contribution in [2.24, 2.45) is 0 Å². The maximum absolute atomic E-state index is 12.5. The SMILES string of the molecule is CCCC/C=C\C/C=C\CCCCCCCC(=O)OCCCCCCCCCCCCCCCCCCCCCCC(=O)NC(CO)C(O)/C=C/CCCCCCCCCCCCCCCCCC. The summed E-state index contributed by atoms with van der Waals surface area (Å²) in [4.78, 5) is 24.5. The second kappa shape index (κ2) is 58.6. The molecule has 0 bridgehead atoms. The van der Waals surface area contributed by atoms with Crippen LogP contribution in [0.4, 0.5) is 0 Å². The lowest BCUT2D eigenvalue weighted by Crippen LogP contribution is -2.45. The second-order valence-electron chi connectivity index (χ2n) is 21.0. The molecule has 0 aromatic carbocycles. The lowest BCUT2D eigenvalue weighted by molar-refractivity contribution is -0.143. The van der Waals surface area contributed by atoms with Gasteiger partial charge in [0, 0.05) is 12.8 Å². The average molecular weight is 971 g/mol. The molecule has 69 heavy (non-hydrogen) atoms. The fourth-order valence-electron chi connectivity index (χ4n) is 9.42. The number of ether oxygens (including phenoxy) is 1. The molecule has 2 unspecified atom stereocenters. The van der Waals surface area contributed by atoms with Crippen LogP contribution < -0.4 is 5.32 Å². The van der Waals surface area contributed by atoms with Crippen LogP contribution in [0.15, 0.2) is 36.5 Å². The number of aliphatic hydroxyl groups excluding tert-OH is 2. The average Bonchev–Trinajstić information content (AvgIpc) is 3.35. The van der Waals surface area contributed by atoms with Crippen molar-refractivity contribution in [3.05, 3.63) is 36.5 Å². The smallest absolute Gasteiger partial charge is 0.305 e. The normalized spacial score (nSPS) is 12.8. The van der Waals surface area contributed by atoms with Crippen molar-refractivity contribution in [2.75, 3.05) is 13.2 Å². The van der Waals surface area contributed by atoms with Gasteiger partial charge in [0.1, 0.15) is 0 Å². The summed E-state index contributed by atoms with van der Waals surface area (Å²) in [5.74, 6) is -0.0728. The number of carbonyl (C=O) groups excluding carboxylic acids is 2. The summed E-state index contributed by atoms with van der Waals surface area (Å²) in [6, 6.07) is -0.630. The Bertz CT molecular complexity index is 1120. The van der Waals surface area contributed by atoms with E-state index in [9.17, 15) is 19.8 Å². The predicted octanol–water partition coefficient (Wildman–Crippen LogP) is 19.2. The van der Waals surface area contributed by atoms with Crippen molar-refractivity contribution in [1.29, 1.82) is 0 Å². The Kier molecular flexibility index (Phi) is 57.0. The fourth-order valence-corrected chi connectivity index (χ4v) is 9.42. The van der Waals surface area contributed by atoms with E-state index in [-0.39, 0.29) is 18.5 Å². The van der Waals surface area contributed by atoms with Crippen LogP contribution in [0.5, 0.6) is 0 Å². The van der Waals surface area contributed by atoms with Gasteiger partial charge < -0.3 is 20.3 Å². The Hall–Kier alpha value is -1.92. The van der Waals surface area contributed by atoms with Crippen molar-refractivity contribution in [3.63, 3.8) is 0 Å². The van der Waals surface area contributed by atoms with Crippen molar-refractivity contribution >= 4 is 11.9 Å². The molecule has 6 nitrogen and oxygen atoms in total. The molecule has 0 rings (SSSR count). The number of allylic oxidation sites excluding steroid dienone is 5. The molecular weight excluding hydrogens is 851 g/mol. The van der Waals surface area contributed by atoms with E-state index in [1.165, 1.54) is 250 Å². The molecule has 0 aromatic heterocycles. The molecular formula is C63H119NO5. The predicted molar refractivity (Wildman–Crippen MR) is 301 cm³/mol. The van der Waals surface area contributed by atoms with E-state index in [1.807, 2.05) is 6.08 Å². The number of carbonyl (C=O) groups is 2. The molecule has 0 saturated carbocycles. The molecule has 0 aromatic rings. The minimum Gasteiger partial charge on any atom is -0.466 e. The molecule has 1 amide bonds. The first-order valence-electron chi connectivity index (χ1n) is 30.8. The molecule has 0 heterocycles. The van der Waals surface area contributed by atoms with Crippen molar-refractivity contribution in [1.82, 2.24) is 5.32 Å². The second-order valence-corrected chi connectivity index (χ2v) is 21.0. The van der Waals surface area contributed by atoms with Gasteiger partial charge in [-0.2, -0.15) is 0 Å². The number of esters is 1. The molecule has 0 radical (unpaired) electrons. The summed E-state index contributed by atoms with van der Waals surface area (Å²) in [6.45, 7) is 4.87. The summed E-state index contributed by atoms with van der Waals surface area (Å²) >= 11 is 0. The van der Waals surface area contributed by atoms with Crippen LogP contribution in [0.2, 0.25) is 0 Å². The van der Waals surface area contributed by atoms with Gasteiger partial charge in [0.05, 0.1) is 25.4 Å². The van der Waals surface area contributed by atoms with Crippen LogP contribution in [0.3, 0.4) is 0 Å². The fraction of sp³-hybridized carbons (Fsp3) is 0.873. The maximum Gasteiger partial charge on any atom is 0.305 e. The first-order chi connectivity index (χ1) is 34.0. The minimum atomic E-state index is -0.847. The number of nitrogens with one attached hydrogen (secondary N) is 1. The van der Waals surface area contributed by atoms with Crippen LogP contribution in [0, 0.1) is 0 Å². The number of amides is 1. The van der Waals surface area contributed by atoms with Gasteiger partial charge in [-0.25, -0.2) is 0 Å². The third kappa shape index (κ3) is 55.2. The van der Waals surface area contributed by atoms with E-state index in [0.29, 0.717) is 19.4 Å². The van der Waals surface area contributed by atoms with Crippen LogP contribution in [0.1, 0.15) is 328 Å². The first kappa shape index (κ1) is 67.1. The summed E-state index contributed by atoms with van der Waals surface area (Å²) < 4.78 is 5.47. The molecule has 0 aliphatic carbocycles. The van der Waals surface area contributed by atoms with Crippen molar-refractivity contribution in [2.45, 2.75) is 341 Å². The van der Waals surface area contributed by atoms with Gasteiger partial charge in [0.15, 0.2) is 0 Å². The van der Waals surface area contributed by atoms with Crippen LogP contribution in [-0.4, -0.2) is 47.4 Å². The van der Waals surface area contributed by atoms with Gasteiger partial charge >= 0.3 is 5.97 Å². The van der Waals surface area contributed by atoms with Crippen LogP contribution >= 0.6 is 0 Å². The van der Waals surface area contributed by atoms with Gasteiger partial charge in [-0.15, -0.1) is 0 Å². The molecule has 0 aliphatic rings. The van der Waals surface area contributed by atoms with Gasteiger partial charge in [0.2, 0.25) is 5.91 Å². The van der Waals surface area contributed by atoms with Gasteiger partial charge in [-0.1, -0.05) is 294 Å². The Morgan fingerprint density at radius 2 is 0.739 bits per heavy atom. The molecule has 6 heteroatoms. The van der Waals surface area contributed by atoms with Gasteiger partial charge in [-0.3, -0.25) is 9.59 Å². The van der Waals surface area contributed by atoms with Gasteiger partial charge in [-0.05, 0) is 57.8 Å². The monoisotopic (exact) mass is 970 g/mol. The van der Waals surface area contributed by atoms with E-state index in [0.717, 1.165) is 51.4 Å². The quantitative estimate of drug-likeness (QED) is 0.0321. The highest BCUT2D eigenvalue weighted by Crippen LogP contribution is 2.17. The summed E-state index contributed by atoms with van der Waals surface area (Å²) in [7, 11) is 0. The van der Waals surface area contributed by atoms with Crippen molar-refractivity contribution in [3.8, 4) is 0 Å². The minimum absolute atomic E-state index is 0.00463. The van der Waals surface area contributed by atoms with E-state index in [2.05, 4.69) is 43.5 Å². The zero-order valence-corrected chi connectivity index (χ0v) is 46.3. The summed E-state index contributed by atoms with van der Waals surface area (Å²) in [6.07, 6.45) is 73.2. The Labute approximate surface area is 430 Å². The zero-order valence-electron chi connectivity index (χ0n) is 46.3. The molecule has 0 spiro atoms. The van der Waals surface area contributed by atoms with E-state index in [4.69, 9.17) is 4.74 Å². The highest BCUT2D eigenvalue weighted by atomic mass is 16.5. The van der Waals surface area contributed by atoms with E-state index >= 15 is 0 Å². The largest absolute Gasteiger partial charge is 0.466 e. The highest BCUT2D eigenvalue weighted by molar-refractivity contribution is 5.76. The third-order valence-corrected chi connectivity index (χ3v) is 14.2. The number of rotatable bonds is 57. The van der Waals surface area contributed by atoms with Crippen LogP contribution in [0.25, 0.3) is 0 Å². The molecule has 406 valence electrons. The van der Waals surface area contributed by atoms with Gasteiger partial charge in [0.25, 0.3) is 0 Å². The number of aliphatic hydroxyl groups is 2. The highest BCUT2D eigenvalue weighted by Gasteiger charge is 2.18. The molecule has 0 aliphatic heterocycles.